The number of anilines is 1. The zero-order valence-electron chi connectivity index (χ0n) is 15.0. The largest absolute Gasteiger partial charge is 0.467 e. The predicted octanol–water partition coefficient (Wildman–Crippen LogP) is 2.48. The van der Waals surface area contributed by atoms with Gasteiger partial charge in [-0.1, -0.05) is 0 Å². The number of ether oxygens (including phenoxy) is 1. The molecule has 1 saturated heterocycles. The Morgan fingerprint density at radius 2 is 2.11 bits per heavy atom. The van der Waals surface area contributed by atoms with E-state index in [1.165, 1.54) is 24.2 Å². The lowest BCUT2D eigenvalue weighted by molar-refractivity contribution is -0.157. The first-order valence-electron chi connectivity index (χ1n) is 8.60. The fourth-order valence-corrected chi connectivity index (χ4v) is 2.82. The number of esters is 1. The van der Waals surface area contributed by atoms with Gasteiger partial charge in [-0.2, -0.15) is 0 Å². The molecule has 0 spiro atoms. The molecule has 1 aromatic carbocycles. The number of nitrogens with one attached hydrogen (secondary N) is 1. The van der Waals surface area contributed by atoms with Crippen LogP contribution in [0.5, 0.6) is 0 Å². The molecule has 2 aromatic rings. The number of nitrogens with zero attached hydrogens (tertiary/aromatic N) is 1. The highest BCUT2D eigenvalue weighted by atomic mass is 19.2. The Bertz CT molecular complexity index is 884. The van der Waals surface area contributed by atoms with Gasteiger partial charge in [0.2, 0.25) is 5.91 Å². The van der Waals surface area contributed by atoms with Gasteiger partial charge >= 0.3 is 5.97 Å². The van der Waals surface area contributed by atoms with Crippen LogP contribution in [0.25, 0.3) is 0 Å². The smallest absolute Gasteiger partial charge is 0.312 e. The molecular weight excluding hydrogens is 374 g/mol. The van der Waals surface area contributed by atoms with Gasteiger partial charge in [0.1, 0.15) is 5.76 Å². The van der Waals surface area contributed by atoms with E-state index in [2.05, 4.69) is 5.32 Å². The van der Waals surface area contributed by atoms with Gasteiger partial charge < -0.3 is 19.4 Å². The first-order chi connectivity index (χ1) is 13.3. The number of likely N-dealkylation sites (tertiary alicyclic amines) is 1. The summed E-state index contributed by atoms with van der Waals surface area (Å²) >= 11 is 0. The molecule has 1 aliphatic rings. The van der Waals surface area contributed by atoms with Crippen LogP contribution in [0.1, 0.15) is 19.1 Å². The second-order valence-corrected chi connectivity index (χ2v) is 6.45. The minimum atomic E-state index is -1.17. The van der Waals surface area contributed by atoms with E-state index in [1.54, 1.807) is 12.1 Å². The minimum Gasteiger partial charge on any atom is -0.467 e. The summed E-state index contributed by atoms with van der Waals surface area (Å²) in [5.41, 5.74) is 0.0347. The van der Waals surface area contributed by atoms with Crippen molar-refractivity contribution in [3.05, 3.63) is 54.0 Å². The third-order valence-electron chi connectivity index (χ3n) is 4.32. The molecule has 148 valence electrons. The Labute approximate surface area is 159 Å². The van der Waals surface area contributed by atoms with Crippen LogP contribution in [0.4, 0.5) is 14.5 Å². The lowest BCUT2D eigenvalue weighted by atomic mass is 10.1. The molecule has 1 aromatic heterocycles. The molecule has 1 fully saturated rings. The van der Waals surface area contributed by atoms with Gasteiger partial charge in [-0.3, -0.25) is 14.4 Å². The lowest BCUT2D eigenvalue weighted by Crippen LogP contribution is -2.33. The van der Waals surface area contributed by atoms with E-state index in [1.807, 2.05) is 0 Å². The summed E-state index contributed by atoms with van der Waals surface area (Å²) in [6, 6.07) is 6.31. The van der Waals surface area contributed by atoms with Gasteiger partial charge in [-0.25, -0.2) is 8.78 Å². The van der Waals surface area contributed by atoms with Crippen molar-refractivity contribution >= 4 is 23.5 Å². The maximum atomic E-state index is 13.2. The van der Waals surface area contributed by atoms with Crippen molar-refractivity contribution in [1.82, 2.24) is 4.90 Å². The zero-order valence-corrected chi connectivity index (χ0v) is 15.0. The standard InChI is InChI=1S/C19H18F2N2O5/c1-11(18(25)22-13-4-5-15(20)16(21)8-13)28-19(26)12-7-17(24)23(9-12)10-14-3-2-6-27-14/h2-6,8,11-12H,7,9-10H2,1H3,(H,22,25)/t11-,12+/m0/s1. The third-order valence-corrected chi connectivity index (χ3v) is 4.32. The lowest BCUT2D eigenvalue weighted by Gasteiger charge is -2.17. The summed E-state index contributed by atoms with van der Waals surface area (Å²) in [6.07, 6.45) is 0.307. The van der Waals surface area contributed by atoms with Crippen LogP contribution < -0.4 is 5.32 Å². The molecule has 0 unspecified atom stereocenters. The number of carbonyl (C=O) groups is 3. The van der Waals surface area contributed by atoms with Crippen molar-refractivity contribution in [2.75, 3.05) is 11.9 Å². The minimum absolute atomic E-state index is 0.0168. The van der Waals surface area contributed by atoms with E-state index in [0.717, 1.165) is 12.1 Å². The van der Waals surface area contributed by atoms with Crippen LogP contribution >= 0.6 is 0 Å². The van der Waals surface area contributed by atoms with Gasteiger partial charge in [0.15, 0.2) is 17.7 Å². The second-order valence-electron chi connectivity index (χ2n) is 6.45. The van der Waals surface area contributed by atoms with E-state index in [0.29, 0.717) is 5.76 Å². The highest BCUT2D eigenvalue weighted by molar-refractivity contribution is 5.95. The fraction of sp³-hybridized carbons (Fsp3) is 0.316. The molecule has 2 heterocycles. The SMILES string of the molecule is C[C@H](OC(=O)[C@@H]1CC(=O)N(Cc2ccco2)C1)C(=O)Nc1ccc(F)c(F)c1. The zero-order chi connectivity index (χ0) is 20.3. The third kappa shape index (κ3) is 4.54. The van der Waals surface area contributed by atoms with Crippen LogP contribution in [0.2, 0.25) is 0 Å². The van der Waals surface area contributed by atoms with Gasteiger partial charge in [0, 0.05) is 24.7 Å². The molecule has 7 nitrogen and oxygen atoms in total. The molecule has 28 heavy (non-hydrogen) atoms. The average Bonchev–Trinajstić information content (AvgIpc) is 3.28. The quantitative estimate of drug-likeness (QED) is 0.763. The molecule has 0 saturated carbocycles. The molecule has 1 N–H and O–H groups in total. The molecule has 0 bridgehead atoms. The van der Waals surface area contributed by atoms with Crippen LogP contribution in [0, 0.1) is 17.6 Å². The number of halogens is 2. The Balaban J connectivity index is 1.52. The average molecular weight is 392 g/mol. The molecule has 1 aliphatic heterocycles. The number of benzene rings is 1. The predicted molar refractivity (Wildman–Crippen MR) is 92.8 cm³/mol. The summed E-state index contributed by atoms with van der Waals surface area (Å²) in [5.74, 6) is -3.83. The normalized spacial score (nSPS) is 17.5. The maximum absolute atomic E-state index is 13.2. The van der Waals surface area contributed by atoms with Crippen molar-refractivity contribution in [3.63, 3.8) is 0 Å². The first kappa shape index (κ1) is 19.5. The number of hydrogen-bond acceptors (Lipinski definition) is 5. The van der Waals surface area contributed by atoms with Crippen molar-refractivity contribution in [2.24, 2.45) is 5.92 Å². The van der Waals surface area contributed by atoms with E-state index < -0.39 is 35.5 Å². The van der Waals surface area contributed by atoms with E-state index in [-0.39, 0.29) is 31.1 Å². The van der Waals surface area contributed by atoms with Gasteiger partial charge in [-0.05, 0) is 31.2 Å². The van der Waals surface area contributed by atoms with Gasteiger partial charge in [0.05, 0.1) is 18.7 Å². The Kier molecular flexibility index (Phi) is 5.72. The van der Waals surface area contributed by atoms with Crippen molar-refractivity contribution in [1.29, 1.82) is 0 Å². The molecule has 2 amide bonds. The molecule has 2 atom stereocenters. The summed E-state index contributed by atoms with van der Waals surface area (Å²) < 4.78 is 36.5. The number of hydrogen-bond donors (Lipinski definition) is 1. The first-order valence-corrected chi connectivity index (χ1v) is 8.60. The van der Waals surface area contributed by atoms with E-state index in [9.17, 15) is 23.2 Å². The fourth-order valence-electron chi connectivity index (χ4n) is 2.82. The van der Waals surface area contributed by atoms with E-state index in [4.69, 9.17) is 9.15 Å². The van der Waals surface area contributed by atoms with Crippen LogP contribution in [-0.4, -0.2) is 35.3 Å². The maximum Gasteiger partial charge on any atom is 0.312 e. The Hall–Kier alpha value is -3.23. The van der Waals surface area contributed by atoms with E-state index >= 15 is 0 Å². The summed E-state index contributed by atoms with van der Waals surface area (Å²) in [5, 5.41) is 2.34. The van der Waals surface area contributed by atoms with Crippen LogP contribution in [0.15, 0.2) is 41.0 Å². The highest BCUT2D eigenvalue weighted by Crippen LogP contribution is 2.22. The van der Waals surface area contributed by atoms with Crippen molar-refractivity contribution in [3.8, 4) is 0 Å². The van der Waals surface area contributed by atoms with Crippen LogP contribution in [-0.2, 0) is 25.7 Å². The number of furan rings is 1. The van der Waals surface area contributed by atoms with Gasteiger partial charge in [-0.15, -0.1) is 0 Å². The Morgan fingerprint density at radius 3 is 2.79 bits per heavy atom. The molecule has 0 radical (unpaired) electrons. The van der Waals surface area contributed by atoms with Crippen LogP contribution in [0.3, 0.4) is 0 Å². The van der Waals surface area contributed by atoms with Crippen molar-refractivity contribution in [2.45, 2.75) is 26.0 Å². The molecule has 3 rings (SSSR count). The molecular formula is C19H18F2N2O5. The number of rotatable bonds is 6. The number of carbonyl (C=O) groups excluding carboxylic acids is 3. The Morgan fingerprint density at radius 1 is 1.32 bits per heavy atom. The van der Waals surface area contributed by atoms with Crippen molar-refractivity contribution < 1.29 is 32.3 Å². The monoisotopic (exact) mass is 392 g/mol. The molecule has 9 heteroatoms. The topological polar surface area (TPSA) is 88.9 Å². The summed E-state index contributed by atoms with van der Waals surface area (Å²) in [4.78, 5) is 37.9. The highest BCUT2D eigenvalue weighted by Gasteiger charge is 2.36. The number of amides is 2. The summed E-state index contributed by atoms with van der Waals surface area (Å²) in [7, 11) is 0. The second kappa shape index (κ2) is 8.20. The van der Waals surface area contributed by atoms with Gasteiger partial charge in [0.25, 0.3) is 5.91 Å². The molecule has 0 aliphatic carbocycles. The summed E-state index contributed by atoms with van der Waals surface area (Å²) in [6.45, 7) is 1.77.